The van der Waals surface area contributed by atoms with E-state index in [1.165, 1.54) is 48.4 Å². The minimum Gasteiger partial charge on any atom is -0.325 e. The van der Waals surface area contributed by atoms with E-state index in [1.807, 2.05) is 74.5 Å². The number of sulfonamides is 1. The molecule has 1 unspecified atom stereocenters. The monoisotopic (exact) mass is 620 g/mol. The predicted octanol–water partition coefficient (Wildman–Crippen LogP) is 6.70. The van der Waals surface area contributed by atoms with Crippen LogP contribution in [0.3, 0.4) is 0 Å². The minimum absolute atomic E-state index is 0.00593. The summed E-state index contributed by atoms with van der Waals surface area (Å²) < 4.78 is 27.8. The van der Waals surface area contributed by atoms with E-state index in [9.17, 15) is 18.5 Å². The highest BCUT2D eigenvalue weighted by Gasteiger charge is 2.24. The third-order valence-corrected chi connectivity index (χ3v) is 9.37. The summed E-state index contributed by atoms with van der Waals surface area (Å²) in [5.41, 5.74) is 5.15. The maximum absolute atomic E-state index is 13.4. The predicted molar refractivity (Wildman–Crippen MR) is 172 cm³/mol. The lowest BCUT2D eigenvalue weighted by molar-refractivity contribution is -0.115. The number of nitrogens with zero attached hydrogens (tertiary/aromatic N) is 4. The summed E-state index contributed by atoms with van der Waals surface area (Å²) in [4.78, 5) is 26.0. The molecule has 5 rings (SSSR count). The summed E-state index contributed by atoms with van der Waals surface area (Å²) >= 11 is 1.23. The first-order chi connectivity index (χ1) is 21.3. The molecule has 9 nitrogen and oxygen atoms in total. The molecule has 0 spiro atoms. The van der Waals surface area contributed by atoms with Gasteiger partial charge in [-0.25, -0.2) is 28.1 Å². The number of anilines is 2. The van der Waals surface area contributed by atoms with Gasteiger partial charge in [-0.05, 0) is 55.3 Å². The molecule has 0 bridgehead atoms. The first-order valence-corrected chi connectivity index (χ1v) is 16.1. The summed E-state index contributed by atoms with van der Waals surface area (Å²) in [5.74, 6) is -0.337. The molecule has 0 saturated carbocycles. The van der Waals surface area contributed by atoms with Crippen LogP contribution in [0.25, 0.3) is 22.4 Å². The molecule has 0 radical (unpaired) electrons. The van der Waals surface area contributed by atoms with E-state index in [1.54, 1.807) is 6.07 Å². The zero-order valence-electron chi connectivity index (χ0n) is 23.9. The Kier molecular flexibility index (Phi) is 9.33. The Balaban J connectivity index is 1.40. The molecule has 0 aliphatic carbocycles. The first kappa shape index (κ1) is 30.4. The Labute approximate surface area is 260 Å². The number of amides is 1. The Morgan fingerprint density at radius 3 is 2.25 bits per heavy atom. The van der Waals surface area contributed by atoms with Gasteiger partial charge < -0.3 is 5.32 Å². The fraction of sp³-hybridized carbons (Fsp3) is 0.121. The van der Waals surface area contributed by atoms with Crippen LogP contribution >= 0.6 is 11.8 Å². The van der Waals surface area contributed by atoms with Gasteiger partial charge in [-0.2, -0.15) is 5.26 Å². The van der Waals surface area contributed by atoms with Crippen molar-refractivity contribution >= 4 is 39.3 Å². The van der Waals surface area contributed by atoms with E-state index in [0.29, 0.717) is 28.4 Å². The summed E-state index contributed by atoms with van der Waals surface area (Å²) in [6.07, 6.45) is 3.33. The Hall–Kier alpha value is -5.05. The summed E-state index contributed by atoms with van der Waals surface area (Å²) in [6, 6.07) is 29.3. The molecular weight excluding hydrogens is 593 g/mol. The van der Waals surface area contributed by atoms with Crippen LogP contribution in [0.2, 0.25) is 0 Å². The van der Waals surface area contributed by atoms with Crippen molar-refractivity contribution in [1.82, 2.24) is 15.0 Å². The first-order valence-electron chi connectivity index (χ1n) is 13.7. The third-order valence-electron chi connectivity index (χ3n) is 6.67. The number of aryl methyl sites for hydroxylation is 1. The topological polar surface area (TPSA) is 138 Å². The zero-order chi connectivity index (χ0) is 31.1. The molecule has 2 N–H and O–H groups in total. The van der Waals surface area contributed by atoms with Crippen molar-refractivity contribution < 1.29 is 13.2 Å². The summed E-state index contributed by atoms with van der Waals surface area (Å²) in [5, 5.41) is 13.0. The lowest BCUT2D eigenvalue weighted by Crippen LogP contribution is -2.25. The molecule has 0 aliphatic heterocycles. The highest BCUT2D eigenvalue weighted by Crippen LogP contribution is 2.36. The molecule has 2 aromatic heterocycles. The van der Waals surface area contributed by atoms with Crippen molar-refractivity contribution in [3.8, 4) is 28.5 Å². The molecule has 0 aliphatic rings. The van der Waals surface area contributed by atoms with Crippen LogP contribution in [0, 0.1) is 18.3 Å². The molecule has 0 saturated heterocycles. The van der Waals surface area contributed by atoms with Gasteiger partial charge >= 0.3 is 0 Å². The maximum atomic E-state index is 13.4. The maximum Gasteiger partial charge on any atom is 0.264 e. The number of hydrogen-bond donors (Lipinski definition) is 2. The quantitative estimate of drug-likeness (QED) is 0.165. The van der Waals surface area contributed by atoms with Crippen molar-refractivity contribution in [1.29, 1.82) is 5.26 Å². The van der Waals surface area contributed by atoms with Crippen molar-refractivity contribution in [3.63, 3.8) is 0 Å². The number of hydrogen-bond acceptors (Lipinski definition) is 8. The average Bonchev–Trinajstić information content (AvgIpc) is 3.04. The van der Waals surface area contributed by atoms with Gasteiger partial charge in [0.15, 0.2) is 0 Å². The van der Waals surface area contributed by atoms with E-state index >= 15 is 0 Å². The number of carbonyl (C=O) groups is 1. The van der Waals surface area contributed by atoms with E-state index in [4.69, 9.17) is 4.98 Å². The highest BCUT2D eigenvalue weighted by atomic mass is 32.2. The second-order valence-corrected chi connectivity index (χ2v) is 12.7. The highest BCUT2D eigenvalue weighted by molar-refractivity contribution is 8.00. The van der Waals surface area contributed by atoms with Gasteiger partial charge in [-0.1, -0.05) is 78.8 Å². The molecule has 44 heavy (non-hydrogen) atoms. The van der Waals surface area contributed by atoms with E-state index in [0.717, 1.165) is 22.3 Å². The second-order valence-electron chi connectivity index (χ2n) is 9.79. The standard InChI is InChI=1S/C33H28N6O3S2/c1-3-30(31(40)37-25-14-16-26(17-15-25)44(41,42)39-33-35-18-7-19-36-33)43-32-28(21-34)27(23-12-10-22(2)11-13-23)20-29(38-32)24-8-5-4-6-9-24/h4-20,30H,3H2,1-2H3,(H,37,40)(H,35,36,39). The van der Waals surface area contributed by atoms with Crippen LogP contribution < -0.4 is 10.0 Å². The molecule has 1 amide bonds. The Bertz CT molecular complexity index is 1910. The van der Waals surface area contributed by atoms with Crippen LogP contribution in [0.5, 0.6) is 0 Å². The summed E-state index contributed by atoms with van der Waals surface area (Å²) in [7, 11) is -3.92. The molecule has 3 aromatic carbocycles. The zero-order valence-corrected chi connectivity index (χ0v) is 25.6. The normalized spacial score (nSPS) is 11.8. The number of benzene rings is 3. The fourth-order valence-corrected chi connectivity index (χ4v) is 6.35. The van der Waals surface area contributed by atoms with Crippen LogP contribution in [-0.4, -0.2) is 34.5 Å². The number of thioether (sulfide) groups is 1. The molecule has 1 atom stereocenters. The number of nitrogens with one attached hydrogen (secondary N) is 2. The van der Waals surface area contributed by atoms with Crippen LogP contribution in [-0.2, 0) is 14.8 Å². The lowest BCUT2D eigenvalue weighted by Gasteiger charge is -2.18. The molecule has 220 valence electrons. The molecular formula is C33H28N6O3S2. The smallest absolute Gasteiger partial charge is 0.264 e. The molecule has 2 heterocycles. The van der Waals surface area contributed by atoms with Gasteiger partial charge in [-0.15, -0.1) is 0 Å². The largest absolute Gasteiger partial charge is 0.325 e. The fourth-order valence-electron chi connectivity index (χ4n) is 4.36. The molecule has 5 aromatic rings. The second kappa shape index (κ2) is 13.5. The van der Waals surface area contributed by atoms with Crippen molar-refractivity contribution in [2.45, 2.75) is 35.4 Å². The van der Waals surface area contributed by atoms with Gasteiger partial charge in [0.05, 0.1) is 21.4 Å². The van der Waals surface area contributed by atoms with Crippen molar-refractivity contribution in [2.24, 2.45) is 0 Å². The Morgan fingerprint density at radius 2 is 1.61 bits per heavy atom. The van der Waals surface area contributed by atoms with Crippen LogP contribution in [0.15, 0.2) is 113 Å². The summed E-state index contributed by atoms with van der Waals surface area (Å²) in [6.45, 7) is 3.89. The van der Waals surface area contributed by atoms with Crippen molar-refractivity contribution in [3.05, 3.63) is 115 Å². The number of carbonyl (C=O) groups excluding carboxylic acids is 1. The van der Waals surface area contributed by atoms with Crippen LogP contribution in [0.1, 0.15) is 24.5 Å². The number of nitriles is 1. The van der Waals surface area contributed by atoms with Crippen molar-refractivity contribution in [2.75, 3.05) is 10.0 Å². The van der Waals surface area contributed by atoms with Gasteiger partial charge in [-0.3, -0.25) is 4.79 Å². The van der Waals surface area contributed by atoms with E-state index in [-0.39, 0.29) is 16.8 Å². The molecule has 11 heteroatoms. The van der Waals surface area contributed by atoms with E-state index in [2.05, 4.69) is 26.1 Å². The number of aromatic nitrogens is 3. The van der Waals surface area contributed by atoms with Gasteiger partial charge in [0.25, 0.3) is 10.0 Å². The molecule has 0 fully saturated rings. The lowest BCUT2D eigenvalue weighted by atomic mass is 9.98. The Morgan fingerprint density at radius 1 is 0.932 bits per heavy atom. The SMILES string of the molecule is CCC(Sc1nc(-c2ccccc2)cc(-c2ccc(C)cc2)c1C#N)C(=O)Nc1ccc(S(=O)(=O)Nc2ncccn2)cc1. The van der Waals surface area contributed by atoms with Gasteiger partial charge in [0, 0.05) is 29.2 Å². The third kappa shape index (κ3) is 7.11. The van der Waals surface area contributed by atoms with Gasteiger partial charge in [0.1, 0.15) is 11.1 Å². The van der Waals surface area contributed by atoms with Crippen LogP contribution in [0.4, 0.5) is 11.6 Å². The van der Waals surface area contributed by atoms with E-state index < -0.39 is 15.3 Å². The average molecular weight is 621 g/mol. The number of pyridine rings is 1. The minimum atomic E-state index is -3.92. The van der Waals surface area contributed by atoms with Gasteiger partial charge in [0.2, 0.25) is 11.9 Å². The number of rotatable bonds is 10.